The van der Waals surface area contributed by atoms with E-state index in [1.54, 1.807) is 7.05 Å². The van der Waals surface area contributed by atoms with Crippen LogP contribution < -0.4 is 0 Å². The lowest BCUT2D eigenvalue weighted by molar-refractivity contribution is 0.161. The van der Waals surface area contributed by atoms with Crippen molar-refractivity contribution in [2.24, 2.45) is 5.92 Å². The number of hydrogen-bond acceptors (Lipinski definition) is 4. The van der Waals surface area contributed by atoms with Crippen molar-refractivity contribution in [1.82, 2.24) is 8.61 Å². The lowest BCUT2D eigenvalue weighted by Crippen LogP contribution is -2.46. The maximum Gasteiger partial charge on any atom is 0.282 e. The Morgan fingerprint density at radius 2 is 2.35 bits per heavy atom. The van der Waals surface area contributed by atoms with E-state index >= 15 is 0 Å². The van der Waals surface area contributed by atoms with Crippen molar-refractivity contribution < 1.29 is 13.5 Å². The molecule has 0 aliphatic carbocycles. The van der Waals surface area contributed by atoms with Crippen LogP contribution in [0.5, 0.6) is 0 Å². The van der Waals surface area contributed by atoms with Crippen molar-refractivity contribution in [1.29, 1.82) is 0 Å². The monoisotopic (exact) mass is 382 g/mol. The molecule has 114 valence electrons. The summed E-state index contributed by atoms with van der Waals surface area (Å²) in [5, 5.41) is 11.2. The number of piperidine rings is 1. The van der Waals surface area contributed by atoms with Crippen LogP contribution in [0.15, 0.2) is 15.9 Å². The Hall–Kier alpha value is 0.01000. The van der Waals surface area contributed by atoms with Gasteiger partial charge < -0.3 is 5.11 Å². The highest BCUT2D eigenvalue weighted by Gasteiger charge is 2.31. The number of aliphatic hydroxyl groups excluding tert-OH is 1. The summed E-state index contributed by atoms with van der Waals surface area (Å²) in [6.45, 7) is 1.38. The summed E-state index contributed by atoms with van der Waals surface area (Å²) in [5.74, 6) is 0.0582. The molecule has 5 nitrogen and oxygen atoms in total. The van der Waals surface area contributed by atoms with Crippen LogP contribution >= 0.6 is 27.3 Å². The highest BCUT2D eigenvalue weighted by atomic mass is 79.9. The van der Waals surface area contributed by atoms with Crippen molar-refractivity contribution in [2.75, 3.05) is 26.7 Å². The van der Waals surface area contributed by atoms with E-state index in [1.807, 2.05) is 11.4 Å². The number of halogens is 1. The minimum Gasteiger partial charge on any atom is -0.396 e. The van der Waals surface area contributed by atoms with Crippen LogP contribution in [0.4, 0.5) is 0 Å². The van der Waals surface area contributed by atoms with Gasteiger partial charge >= 0.3 is 0 Å². The van der Waals surface area contributed by atoms with Crippen molar-refractivity contribution in [3.8, 4) is 0 Å². The van der Waals surface area contributed by atoms with Crippen LogP contribution in [0.1, 0.15) is 17.7 Å². The second kappa shape index (κ2) is 6.85. The Morgan fingerprint density at radius 3 is 2.95 bits per heavy atom. The van der Waals surface area contributed by atoms with E-state index in [1.165, 1.54) is 19.9 Å². The van der Waals surface area contributed by atoms with Gasteiger partial charge in [0.05, 0.1) is 0 Å². The molecular weight excluding hydrogens is 364 g/mol. The average molecular weight is 383 g/mol. The quantitative estimate of drug-likeness (QED) is 0.845. The van der Waals surface area contributed by atoms with Crippen LogP contribution in [0.25, 0.3) is 0 Å². The SMILES string of the molecule is CN(Cc1cc(Br)cs1)S(=O)(=O)N1CCCC(CO)C1. The highest BCUT2D eigenvalue weighted by Crippen LogP contribution is 2.24. The van der Waals surface area contributed by atoms with E-state index in [9.17, 15) is 13.5 Å². The normalized spacial score (nSPS) is 21.5. The summed E-state index contributed by atoms with van der Waals surface area (Å²) in [7, 11) is -1.84. The molecule has 2 heterocycles. The first-order valence-electron chi connectivity index (χ1n) is 6.48. The number of nitrogens with zero attached hydrogens (tertiary/aromatic N) is 2. The van der Waals surface area contributed by atoms with Crippen LogP contribution in [0.2, 0.25) is 0 Å². The fraction of sp³-hybridized carbons (Fsp3) is 0.667. The molecule has 8 heteroatoms. The lowest BCUT2D eigenvalue weighted by Gasteiger charge is -2.33. The molecule has 0 spiro atoms. The van der Waals surface area contributed by atoms with Crippen LogP contribution in [0, 0.1) is 5.92 Å². The number of hydrogen-bond donors (Lipinski definition) is 1. The maximum atomic E-state index is 12.5. The molecular formula is C12H19BrN2O3S2. The molecule has 1 unspecified atom stereocenters. The summed E-state index contributed by atoms with van der Waals surface area (Å²) in [5.41, 5.74) is 0. The molecule has 1 aromatic heterocycles. The Balaban J connectivity index is 2.05. The molecule has 0 aromatic carbocycles. The van der Waals surface area contributed by atoms with Gasteiger partial charge in [-0.15, -0.1) is 11.3 Å². The molecule has 1 aliphatic rings. The fourth-order valence-electron chi connectivity index (χ4n) is 2.32. The summed E-state index contributed by atoms with van der Waals surface area (Å²) >= 11 is 4.90. The van der Waals surface area contributed by atoms with E-state index in [-0.39, 0.29) is 12.5 Å². The topological polar surface area (TPSA) is 60.9 Å². The van der Waals surface area contributed by atoms with Crippen LogP contribution in [-0.4, -0.2) is 48.9 Å². The fourth-order valence-corrected chi connectivity index (χ4v) is 5.36. The zero-order chi connectivity index (χ0) is 14.8. The molecule has 1 N–H and O–H groups in total. The zero-order valence-corrected chi connectivity index (χ0v) is 14.5. The van der Waals surface area contributed by atoms with Gasteiger partial charge in [0.25, 0.3) is 10.2 Å². The Morgan fingerprint density at radius 1 is 1.60 bits per heavy atom. The van der Waals surface area contributed by atoms with Gasteiger partial charge in [-0.3, -0.25) is 0 Å². The van der Waals surface area contributed by atoms with Crippen molar-refractivity contribution in [3.63, 3.8) is 0 Å². The summed E-state index contributed by atoms with van der Waals surface area (Å²) in [6.07, 6.45) is 1.70. The van der Waals surface area contributed by atoms with Gasteiger partial charge in [-0.05, 0) is 40.8 Å². The first-order valence-corrected chi connectivity index (χ1v) is 9.55. The lowest BCUT2D eigenvalue weighted by atomic mass is 10.0. The summed E-state index contributed by atoms with van der Waals surface area (Å²) < 4.78 is 28.9. The standard InChI is InChI=1S/C12H19BrN2O3S2/c1-14(7-12-5-11(13)9-19-12)20(17,18)15-4-2-3-10(6-15)8-16/h5,9-10,16H,2-4,6-8H2,1H3. The molecule has 0 saturated carbocycles. The first-order chi connectivity index (χ1) is 9.43. The molecule has 20 heavy (non-hydrogen) atoms. The maximum absolute atomic E-state index is 12.5. The molecule has 0 bridgehead atoms. The second-order valence-corrected chi connectivity index (χ2v) is 8.99. The third kappa shape index (κ3) is 3.80. The van der Waals surface area contributed by atoms with Gasteiger partial charge in [0.1, 0.15) is 0 Å². The minimum absolute atomic E-state index is 0.0492. The molecule has 2 rings (SSSR count). The highest BCUT2D eigenvalue weighted by molar-refractivity contribution is 9.10. The smallest absolute Gasteiger partial charge is 0.282 e. The van der Waals surface area contributed by atoms with Crippen LogP contribution in [0.3, 0.4) is 0 Å². The predicted molar refractivity (Wildman–Crippen MR) is 83.8 cm³/mol. The van der Waals surface area contributed by atoms with E-state index in [0.717, 1.165) is 22.2 Å². The third-order valence-corrected chi connectivity index (χ3v) is 7.04. The Bertz CT molecular complexity index is 547. The molecule has 1 atom stereocenters. The van der Waals surface area contributed by atoms with Gasteiger partial charge in [-0.25, -0.2) is 0 Å². The molecule has 0 radical (unpaired) electrons. The first kappa shape index (κ1) is 16.4. The van der Waals surface area contributed by atoms with Gasteiger partial charge in [0.2, 0.25) is 0 Å². The third-order valence-electron chi connectivity index (χ3n) is 3.46. The molecule has 1 aliphatic heterocycles. The molecule has 1 saturated heterocycles. The van der Waals surface area contributed by atoms with Crippen molar-refractivity contribution >= 4 is 37.5 Å². The van der Waals surface area contributed by atoms with Gasteiger partial charge in [-0.2, -0.15) is 17.0 Å². The largest absolute Gasteiger partial charge is 0.396 e. The molecule has 0 amide bonds. The minimum atomic E-state index is -3.45. The zero-order valence-electron chi connectivity index (χ0n) is 11.3. The predicted octanol–water partition coefficient (Wildman–Crippen LogP) is 1.89. The van der Waals surface area contributed by atoms with Gasteiger partial charge in [0, 0.05) is 48.0 Å². The van der Waals surface area contributed by atoms with Crippen LogP contribution in [-0.2, 0) is 16.8 Å². The van der Waals surface area contributed by atoms with Gasteiger partial charge in [0.15, 0.2) is 0 Å². The average Bonchev–Trinajstić information content (AvgIpc) is 2.84. The van der Waals surface area contributed by atoms with Gasteiger partial charge in [-0.1, -0.05) is 0 Å². The van der Waals surface area contributed by atoms with Crippen molar-refractivity contribution in [2.45, 2.75) is 19.4 Å². The molecule has 1 fully saturated rings. The van der Waals surface area contributed by atoms with E-state index in [0.29, 0.717) is 19.6 Å². The Labute approximate surface area is 132 Å². The van der Waals surface area contributed by atoms with E-state index in [2.05, 4.69) is 15.9 Å². The van der Waals surface area contributed by atoms with E-state index < -0.39 is 10.2 Å². The number of rotatable bonds is 5. The Kier molecular flexibility index (Phi) is 5.61. The summed E-state index contributed by atoms with van der Waals surface area (Å²) in [6, 6.07) is 1.93. The molecule has 1 aromatic rings. The van der Waals surface area contributed by atoms with Crippen molar-refractivity contribution in [3.05, 3.63) is 20.8 Å². The van der Waals surface area contributed by atoms with E-state index in [4.69, 9.17) is 0 Å². The number of aliphatic hydroxyl groups is 1. The second-order valence-electron chi connectivity index (χ2n) is 5.04. The number of thiophene rings is 1. The summed E-state index contributed by atoms with van der Waals surface area (Å²) in [4.78, 5) is 0.999.